The fourth-order valence-corrected chi connectivity index (χ4v) is 3.43. The molecule has 4 rings (SSSR count). The Labute approximate surface area is 156 Å². The van der Waals surface area contributed by atoms with Crippen LogP contribution < -0.4 is 10.6 Å². The Morgan fingerprint density at radius 3 is 2.74 bits per heavy atom. The quantitative estimate of drug-likeness (QED) is 0.739. The smallest absolute Gasteiger partial charge is 0.251 e. The summed E-state index contributed by atoms with van der Waals surface area (Å²) in [4.78, 5) is 17.4. The van der Waals surface area contributed by atoms with Gasteiger partial charge < -0.3 is 10.6 Å². The predicted octanol–water partition coefficient (Wildman–Crippen LogP) is 1.93. The van der Waals surface area contributed by atoms with E-state index >= 15 is 0 Å². The van der Waals surface area contributed by atoms with Gasteiger partial charge in [0.2, 0.25) is 5.95 Å². The van der Waals surface area contributed by atoms with Gasteiger partial charge in [-0.15, -0.1) is 0 Å². The molecule has 1 atom stereocenters. The van der Waals surface area contributed by atoms with Crippen molar-refractivity contribution in [2.45, 2.75) is 26.4 Å². The second-order valence-corrected chi connectivity index (χ2v) is 6.61. The van der Waals surface area contributed by atoms with Crippen molar-refractivity contribution in [1.29, 1.82) is 0 Å². The topological polar surface area (TPSA) is 89.7 Å². The van der Waals surface area contributed by atoms with E-state index in [-0.39, 0.29) is 11.9 Å². The molecule has 0 saturated heterocycles. The number of hydrogen-bond acceptors (Lipinski definition) is 5. The Bertz CT molecular complexity index is 1020. The summed E-state index contributed by atoms with van der Waals surface area (Å²) in [5.74, 6) is 0.471. The monoisotopic (exact) mass is 363 g/mol. The first-order valence-corrected chi connectivity index (χ1v) is 8.74. The third-order valence-corrected chi connectivity index (χ3v) is 4.68. The predicted molar refractivity (Wildman–Crippen MR) is 101 cm³/mol. The van der Waals surface area contributed by atoms with Crippen molar-refractivity contribution in [2.75, 3.05) is 5.32 Å². The number of aryl methyl sites for hydroxylation is 2. The van der Waals surface area contributed by atoms with Gasteiger partial charge in [-0.05, 0) is 19.4 Å². The van der Waals surface area contributed by atoms with Crippen LogP contribution in [0.15, 0.2) is 54.1 Å². The number of allylic oxidation sites excluding steroid dienone is 1. The molecule has 0 bridgehead atoms. The lowest BCUT2D eigenvalue weighted by molar-refractivity contribution is -0.118. The number of anilines is 1. The molecule has 0 radical (unpaired) electrons. The van der Waals surface area contributed by atoms with Crippen LogP contribution in [0.5, 0.6) is 0 Å². The molecule has 138 valence electrons. The van der Waals surface area contributed by atoms with Gasteiger partial charge >= 0.3 is 0 Å². The van der Waals surface area contributed by atoms with Crippen LogP contribution in [0, 0.1) is 6.92 Å². The molecule has 0 aliphatic carbocycles. The molecule has 0 spiro atoms. The van der Waals surface area contributed by atoms with Gasteiger partial charge in [0.1, 0.15) is 12.4 Å². The molecular formula is C19H21N7O. The second-order valence-electron chi connectivity index (χ2n) is 6.61. The molecule has 8 heteroatoms. The summed E-state index contributed by atoms with van der Waals surface area (Å²) in [7, 11) is 1.87. The highest BCUT2D eigenvalue weighted by atomic mass is 16.1. The highest BCUT2D eigenvalue weighted by molar-refractivity contribution is 5.96. The number of carbonyl (C=O) groups is 1. The molecule has 1 unspecified atom stereocenters. The fourth-order valence-electron chi connectivity index (χ4n) is 3.43. The molecule has 1 aliphatic rings. The van der Waals surface area contributed by atoms with Gasteiger partial charge in [0.25, 0.3) is 5.91 Å². The van der Waals surface area contributed by atoms with Crippen LogP contribution in [-0.4, -0.2) is 30.5 Å². The number of nitrogens with zero attached hydrogens (tertiary/aromatic N) is 5. The van der Waals surface area contributed by atoms with E-state index in [1.54, 1.807) is 9.36 Å². The van der Waals surface area contributed by atoms with Crippen molar-refractivity contribution in [2.24, 2.45) is 7.05 Å². The first-order valence-electron chi connectivity index (χ1n) is 8.74. The van der Waals surface area contributed by atoms with E-state index < -0.39 is 0 Å². The first-order chi connectivity index (χ1) is 13.0. The van der Waals surface area contributed by atoms with Gasteiger partial charge in [-0.3, -0.25) is 9.48 Å². The molecular weight excluding hydrogens is 342 g/mol. The van der Waals surface area contributed by atoms with Gasteiger partial charge in [0, 0.05) is 31.0 Å². The van der Waals surface area contributed by atoms with Crippen LogP contribution in [0.25, 0.3) is 0 Å². The fraction of sp³-hybridized carbons (Fsp3) is 0.263. The van der Waals surface area contributed by atoms with Crippen molar-refractivity contribution in [3.63, 3.8) is 0 Å². The summed E-state index contributed by atoms with van der Waals surface area (Å²) < 4.78 is 3.48. The van der Waals surface area contributed by atoms with Crippen molar-refractivity contribution in [1.82, 2.24) is 29.9 Å². The van der Waals surface area contributed by atoms with Gasteiger partial charge in [-0.1, -0.05) is 30.3 Å². The summed E-state index contributed by atoms with van der Waals surface area (Å²) >= 11 is 0. The average Bonchev–Trinajstić information content (AvgIpc) is 3.25. The molecule has 1 amide bonds. The first kappa shape index (κ1) is 17.0. The maximum absolute atomic E-state index is 13.1. The molecule has 1 aromatic carbocycles. The van der Waals surface area contributed by atoms with Gasteiger partial charge in [-0.25, -0.2) is 4.68 Å². The molecule has 1 aliphatic heterocycles. The normalized spacial score (nSPS) is 16.0. The maximum atomic E-state index is 13.1. The van der Waals surface area contributed by atoms with Crippen molar-refractivity contribution in [3.05, 3.63) is 70.9 Å². The van der Waals surface area contributed by atoms with Crippen molar-refractivity contribution >= 4 is 11.9 Å². The summed E-state index contributed by atoms with van der Waals surface area (Å²) in [6, 6.07) is 9.46. The lowest BCUT2D eigenvalue weighted by atomic mass is 9.95. The molecule has 8 nitrogen and oxygen atoms in total. The maximum Gasteiger partial charge on any atom is 0.251 e. The Balaban J connectivity index is 1.70. The SMILES string of the molecule is CC1=C(C(=O)NCc2ccccc2)C(c2cn(C)nc2C)n2ncnc2N1. The molecule has 0 saturated carbocycles. The van der Waals surface area contributed by atoms with E-state index in [2.05, 4.69) is 25.8 Å². The van der Waals surface area contributed by atoms with E-state index in [1.807, 2.05) is 57.4 Å². The summed E-state index contributed by atoms with van der Waals surface area (Å²) in [6.07, 6.45) is 3.41. The molecule has 0 fully saturated rings. The average molecular weight is 363 g/mol. The second kappa shape index (κ2) is 6.71. The number of amides is 1. The summed E-state index contributed by atoms with van der Waals surface area (Å²) in [5, 5.41) is 15.0. The Morgan fingerprint density at radius 1 is 1.26 bits per heavy atom. The summed E-state index contributed by atoms with van der Waals surface area (Å²) in [5.41, 5.74) is 4.19. The third-order valence-electron chi connectivity index (χ3n) is 4.68. The molecule has 27 heavy (non-hydrogen) atoms. The van der Waals surface area contributed by atoms with E-state index in [9.17, 15) is 4.79 Å². The minimum Gasteiger partial charge on any atom is -0.348 e. The number of hydrogen-bond donors (Lipinski definition) is 2. The largest absolute Gasteiger partial charge is 0.348 e. The number of nitrogens with one attached hydrogen (secondary N) is 2. The van der Waals surface area contributed by atoms with Crippen molar-refractivity contribution in [3.8, 4) is 0 Å². The molecule has 3 heterocycles. The Kier molecular flexibility index (Phi) is 4.23. The van der Waals surface area contributed by atoms with Gasteiger partial charge in [0.15, 0.2) is 0 Å². The van der Waals surface area contributed by atoms with Crippen LogP contribution in [0.4, 0.5) is 5.95 Å². The lowest BCUT2D eigenvalue weighted by Crippen LogP contribution is -2.35. The molecule has 2 N–H and O–H groups in total. The van der Waals surface area contributed by atoms with Crippen LogP contribution in [-0.2, 0) is 18.4 Å². The highest BCUT2D eigenvalue weighted by Crippen LogP contribution is 2.35. The minimum absolute atomic E-state index is 0.141. The van der Waals surface area contributed by atoms with Crippen LogP contribution >= 0.6 is 0 Å². The summed E-state index contributed by atoms with van der Waals surface area (Å²) in [6.45, 7) is 4.27. The van der Waals surface area contributed by atoms with Gasteiger partial charge in [0.05, 0.1) is 11.3 Å². The number of aromatic nitrogens is 5. The van der Waals surface area contributed by atoms with E-state index in [0.29, 0.717) is 18.1 Å². The number of benzene rings is 1. The number of fused-ring (bicyclic) bond motifs is 1. The standard InChI is InChI=1S/C19H21N7O/c1-12-15(10-25(3)24-12)17-16(13(2)23-19-21-11-22-26(17)19)18(27)20-9-14-7-5-4-6-8-14/h4-8,10-11,17H,9H2,1-3H3,(H,20,27)(H,21,22,23). The lowest BCUT2D eigenvalue weighted by Gasteiger charge is -2.28. The highest BCUT2D eigenvalue weighted by Gasteiger charge is 2.35. The zero-order valence-electron chi connectivity index (χ0n) is 15.5. The van der Waals surface area contributed by atoms with Crippen LogP contribution in [0.2, 0.25) is 0 Å². The number of rotatable bonds is 4. The van der Waals surface area contributed by atoms with E-state index in [4.69, 9.17) is 0 Å². The van der Waals surface area contributed by atoms with Gasteiger partial charge in [-0.2, -0.15) is 15.2 Å². The minimum atomic E-state index is -0.381. The third kappa shape index (κ3) is 3.10. The zero-order valence-corrected chi connectivity index (χ0v) is 15.5. The zero-order chi connectivity index (χ0) is 19.0. The van der Waals surface area contributed by atoms with E-state index in [0.717, 1.165) is 22.5 Å². The molecule has 3 aromatic rings. The molecule has 2 aromatic heterocycles. The number of carbonyl (C=O) groups excluding carboxylic acids is 1. The van der Waals surface area contributed by atoms with Crippen LogP contribution in [0.3, 0.4) is 0 Å². The van der Waals surface area contributed by atoms with E-state index in [1.165, 1.54) is 6.33 Å². The van der Waals surface area contributed by atoms with Crippen molar-refractivity contribution < 1.29 is 4.79 Å². The Hall–Kier alpha value is -3.42. The Morgan fingerprint density at radius 2 is 2.04 bits per heavy atom. The van der Waals surface area contributed by atoms with Crippen LogP contribution in [0.1, 0.15) is 29.8 Å².